The average molecular weight is 826 g/mol. The van der Waals surface area contributed by atoms with Crippen molar-refractivity contribution in [1.82, 2.24) is 9.13 Å². The minimum absolute atomic E-state index is 1.15. The highest BCUT2D eigenvalue weighted by Crippen LogP contribution is 2.39. The number of rotatable bonds is 5. The van der Waals surface area contributed by atoms with Crippen LogP contribution in [-0.4, -0.2) is 64.1 Å². The summed E-state index contributed by atoms with van der Waals surface area (Å²) in [5, 5.41) is 7.91. The third kappa shape index (κ3) is 5.68. The van der Waals surface area contributed by atoms with Gasteiger partial charge in [0.05, 0.1) is 11.0 Å². The summed E-state index contributed by atoms with van der Waals surface area (Å²) in [6.07, 6.45) is 0. The van der Waals surface area contributed by atoms with E-state index in [0.29, 0.717) is 0 Å². The number of benzene rings is 9. The van der Waals surface area contributed by atoms with Crippen LogP contribution in [0.25, 0.3) is 109 Å². The van der Waals surface area contributed by atoms with E-state index in [0.717, 1.165) is 5.69 Å². The van der Waals surface area contributed by atoms with Crippen molar-refractivity contribution in [1.29, 1.82) is 0 Å². The molecular weight excluding hydrogens is 784 g/mol. The molecule has 12 aromatic rings. The number of hydrogen-bond acceptors (Lipinski definition) is 1. The lowest BCUT2D eigenvalue weighted by atomic mass is 9.64. The highest BCUT2D eigenvalue weighted by Gasteiger charge is 2.26. The number of hydrogen-bond donors (Lipinski definition) is 0. The first-order valence-electron chi connectivity index (χ1n) is 22.4. The minimum atomic E-state index is 1.15. The highest BCUT2D eigenvalue weighted by molar-refractivity contribution is 7.25. The summed E-state index contributed by atoms with van der Waals surface area (Å²) < 4.78 is 7.72. The molecule has 0 aliphatic rings. The van der Waals surface area contributed by atoms with Crippen molar-refractivity contribution in [3.05, 3.63) is 164 Å². The lowest BCUT2D eigenvalue weighted by Gasteiger charge is -2.19. The van der Waals surface area contributed by atoms with Crippen LogP contribution in [0.1, 0.15) is 0 Å². The van der Waals surface area contributed by atoms with E-state index >= 15 is 0 Å². The molecule has 0 spiro atoms. The summed E-state index contributed by atoms with van der Waals surface area (Å²) >= 11 is 1.89. The van der Waals surface area contributed by atoms with E-state index in [9.17, 15) is 0 Å². The van der Waals surface area contributed by atoms with E-state index in [2.05, 4.69) is 228 Å². The van der Waals surface area contributed by atoms with Crippen LogP contribution in [-0.2, 0) is 0 Å². The van der Waals surface area contributed by atoms with Crippen molar-refractivity contribution in [2.75, 3.05) is 0 Å². The monoisotopic (exact) mass is 826 g/mol. The van der Waals surface area contributed by atoms with Gasteiger partial charge in [0, 0.05) is 58.7 Å². The summed E-state index contributed by atoms with van der Waals surface area (Å²) in [6.45, 7) is 0. The third-order valence-electron chi connectivity index (χ3n) is 14.6. The summed E-state index contributed by atoms with van der Waals surface area (Å²) in [7, 11) is 16.4. The van der Waals surface area contributed by atoms with Gasteiger partial charge in [-0.3, -0.25) is 0 Å². The fraction of sp³-hybridized carbons (Fsp3) is 0. The van der Waals surface area contributed by atoms with Gasteiger partial charge in [-0.2, -0.15) is 0 Å². The Morgan fingerprint density at radius 1 is 0.312 bits per heavy atom. The SMILES string of the molecule is Bc1c(B)c(B)c2c(c1B)c1c(B)c(-c3ccc4c(c3)c3ccc(-c5ccccc5)cc3n4-c3ccc(-c4ccccc4)cc3)c(B)c(B)c1n2-c1ccc2c(c1)sc1ccccc12. The second-order valence-corrected chi connectivity index (χ2v) is 19.0. The summed E-state index contributed by atoms with van der Waals surface area (Å²) in [5.74, 6) is 0. The van der Waals surface area contributed by atoms with Crippen LogP contribution in [0.3, 0.4) is 0 Å². The van der Waals surface area contributed by atoms with Gasteiger partial charge in [0.2, 0.25) is 0 Å². The Kier molecular flexibility index (Phi) is 8.91. The second-order valence-electron chi connectivity index (χ2n) is 17.9. The lowest BCUT2D eigenvalue weighted by Crippen LogP contribution is -2.48. The van der Waals surface area contributed by atoms with Gasteiger partial charge in [0.25, 0.3) is 0 Å². The van der Waals surface area contributed by atoms with Crippen LogP contribution in [0.2, 0.25) is 0 Å². The van der Waals surface area contributed by atoms with Crippen LogP contribution in [0.4, 0.5) is 0 Å². The molecule has 0 fully saturated rings. The Balaban J connectivity index is 1.11. The molecule has 0 saturated heterocycles. The number of nitrogens with zero attached hydrogens (tertiary/aromatic N) is 2. The standard InChI is InChI=1S/C54H41B7N2S/c55-46-43(47(56)51(60)53-44(46)45-48(57)49(58)50(59)52(61)54(45)63(53)34-21-23-37-36-13-7-8-14-41(36)64-42(37)27-34)32-18-24-39-38(25-32)35-22-17-31(29-11-5-2-6-12-29)26-40(35)62(39)33-19-15-30(16-20-33)28-9-3-1-4-10-28/h1-27H,55-61H2. The van der Waals surface area contributed by atoms with Crippen molar-refractivity contribution < 1.29 is 0 Å². The summed E-state index contributed by atoms with van der Waals surface area (Å²) in [5.41, 5.74) is 24.3. The Labute approximate surface area is 383 Å². The maximum absolute atomic E-state index is 2.60. The zero-order valence-electron chi connectivity index (χ0n) is 37.4. The van der Waals surface area contributed by atoms with Crippen LogP contribution < -0.4 is 38.2 Å². The zero-order valence-corrected chi connectivity index (χ0v) is 38.2. The maximum Gasteiger partial charge on any atom is 0.141 e. The van der Waals surface area contributed by atoms with Crippen molar-refractivity contribution in [3.8, 4) is 44.8 Å². The largest absolute Gasteiger partial charge is 0.310 e. The van der Waals surface area contributed by atoms with Crippen LogP contribution in [0.5, 0.6) is 0 Å². The molecule has 10 heteroatoms. The quantitative estimate of drug-likeness (QED) is 0.237. The predicted octanol–water partition coefficient (Wildman–Crippen LogP) is 3.06. The van der Waals surface area contributed by atoms with E-state index in [-0.39, 0.29) is 0 Å². The Hall–Kier alpha value is -6.75. The van der Waals surface area contributed by atoms with E-state index < -0.39 is 0 Å². The molecule has 0 amide bonds. The van der Waals surface area contributed by atoms with Gasteiger partial charge in [-0.05, 0) is 87.3 Å². The van der Waals surface area contributed by atoms with Gasteiger partial charge in [0.1, 0.15) is 54.9 Å². The van der Waals surface area contributed by atoms with Gasteiger partial charge < -0.3 is 9.13 Å². The normalized spacial score (nSPS) is 11.9. The van der Waals surface area contributed by atoms with Crippen molar-refractivity contribution in [2.45, 2.75) is 0 Å². The molecule has 12 rings (SSSR count). The van der Waals surface area contributed by atoms with E-state index in [1.165, 1.54) is 141 Å². The fourth-order valence-electron chi connectivity index (χ4n) is 11.0. The summed E-state index contributed by atoms with van der Waals surface area (Å²) in [6, 6.07) is 60.6. The van der Waals surface area contributed by atoms with Crippen LogP contribution in [0.15, 0.2) is 164 Å². The lowest BCUT2D eigenvalue weighted by molar-refractivity contribution is 1.18. The first-order chi connectivity index (χ1) is 31.2. The van der Waals surface area contributed by atoms with Gasteiger partial charge in [-0.25, -0.2) is 0 Å². The summed E-state index contributed by atoms with van der Waals surface area (Å²) in [4.78, 5) is 0. The first kappa shape index (κ1) is 38.9. The smallest absolute Gasteiger partial charge is 0.141 e. The molecule has 2 nitrogen and oxygen atoms in total. The molecule has 0 radical (unpaired) electrons. The van der Waals surface area contributed by atoms with Gasteiger partial charge in [0.15, 0.2) is 0 Å². The van der Waals surface area contributed by atoms with E-state index in [1.54, 1.807) is 0 Å². The molecule has 294 valence electrons. The molecule has 64 heavy (non-hydrogen) atoms. The third-order valence-corrected chi connectivity index (χ3v) is 15.8. The Morgan fingerprint density at radius 2 is 0.859 bits per heavy atom. The maximum atomic E-state index is 2.60. The minimum Gasteiger partial charge on any atom is -0.310 e. The molecule has 0 aliphatic carbocycles. The molecule has 9 aromatic carbocycles. The molecule has 3 heterocycles. The van der Waals surface area contributed by atoms with Crippen LogP contribution in [0, 0.1) is 0 Å². The van der Waals surface area contributed by atoms with E-state index in [4.69, 9.17) is 0 Å². The van der Waals surface area contributed by atoms with Crippen molar-refractivity contribution in [2.24, 2.45) is 0 Å². The molecular formula is C54H41B7N2S. The molecule has 0 aliphatic heterocycles. The van der Waals surface area contributed by atoms with Gasteiger partial charge in [-0.1, -0.05) is 148 Å². The van der Waals surface area contributed by atoms with Gasteiger partial charge in [-0.15, -0.1) is 16.8 Å². The Morgan fingerprint density at radius 3 is 1.59 bits per heavy atom. The predicted molar refractivity (Wildman–Crippen MR) is 302 cm³/mol. The molecule has 3 aromatic heterocycles. The molecule has 0 atom stereocenters. The molecule has 0 N–H and O–H groups in total. The van der Waals surface area contributed by atoms with Crippen molar-refractivity contribution >= 4 is 168 Å². The highest BCUT2D eigenvalue weighted by atomic mass is 32.1. The topological polar surface area (TPSA) is 9.86 Å². The number of fused-ring (bicyclic) bond motifs is 9. The second kappa shape index (κ2) is 14.7. The fourth-order valence-corrected chi connectivity index (χ4v) is 12.1. The zero-order chi connectivity index (χ0) is 43.5. The number of thiophene rings is 1. The first-order valence-corrected chi connectivity index (χ1v) is 23.3. The van der Waals surface area contributed by atoms with Gasteiger partial charge >= 0.3 is 0 Å². The van der Waals surface area contributed by atoms with E-state index in [1.807, 2.05) is 11.3 Å². The molecule has 0 unspecified atom stereocenters. The number of aromatic nitrogens is 2. The average Bonchev–Trinajstić information content (AvgIpc) is 4.00. The Bertz CT molecular complexity index is 3910. The van der Waals surface area contributed by atoms with Crippen LogP contribution >= 0.6 is 11.3 Å². The molecule has 0 bridgehead atoms. The van der Waals surface area contributed by atoms with Crippen molar-refractivity contribution in [3.63, 3.8) is 0 Å². The molecule has 0 saturated carbocycles.